The van der Waals surface area contributed by atoms with Crippen LogP contribution in [0, 0.1) is 5.92 Å². The minimum Gasteiger partial charge on any atom is -0.300 e. The molecule has 1 heteroatoms. The summed E-state index contributed by atoms with van der Waals surface area (Å²) in [6.07, 6.45) is 17.2. The van der Waals surface area contributed by atoms with Gasteiger partial charge in [0, 0.05) is 6.42 Å². The molecule has 0 aliphatic carbocycles. The van der Waals surface area contributed by atoms with Gasteiger partial charge < -0.3 is 4.79 Å². The molecule has 1 unspecified atom stereocenters. The molecule has 0 saturated heterocycles. The molecule has 1 atom stereocenters. The molecule has 0 bridgehead atoms. The van der Waals surface area contributed by atoms with Gasteiger partial charge in [-0.3, -0.25) is 0 Å². The molecule has 0 aromatic heterocycles. The predicted molar refractivity (Wildman–Crippen MR) is 108 cm³/mol. The summed E-state index contributed by atoms with van der Waals surface area (Å²) in [6, 6.07) is 0. The summed E-state index contributed by atoms with van der Waals surface area (Å²) >= 11 is 0. The van der Waals surface area contributed by atoms with Crippen LogP contribution in [0.2, 0.25) is 0 Å². The van der Waals surface area contributed by atoms with Crippen LogP contribution < -0.4 is 0 Å². The van der Waals surface area contributed by atoms with E-state index in [9.17, 15) is 4.79 Å². The van der Waals surface area contributed by atoms with E-state index >= 15 is 0 Å². The van der Waals surface area contributed by atoms with Gasteiger partial charge in [-0.05, 0) is 85.5 Å². The van der Waals surface area contributed by atoms with Gasteiger partial charge in [-0.2, -0.15) is 0 Å². The quantitative estimate of drug-likeness (QED) is 0.318. The molecule has 0 rings (SSSR count). The van der Waals surface area contributed by atoms with Crippen molar-refractivity contribution in [1.29, 1.82) is 0 Å². The summed E-state index contributed by atoms with van der Waals surface area (Å²) in [5.74, 6) is 1.12. The van der Waals surface area contributed by atoms with Gasteiger partial charge in [0.25, 0.3) is 0 Å². The maximum Gasteiger partial charge on any atom is 0.130 e. The van der Waals surface area contributed by atoms with E-state index in [1.165, 1.54) is 48.8 Å². The Morgan fingerprint density at radius 3 is 1.92 bits per heavy atom. The predicted octanol–water partition coefficient (Wildman–Crippen LogP) is 7.58. The van der Waals surface area contributed by atoms with Gasteiger partial charge in [0.15, 0.2) is 0 Å². The molecule has 0 aromatic rings. The Bertz CT molecular complexity index is 433. The summed E-state index contributed by atoms with van der Waals surface area (Å²) in [5.41, 5.74) is 4.38. The average molecular weight is 333 g/mol. The van der Waals surface area contributed by atoms with Crippen LogP contribution in [0.5, 0.6) is 0 Å². The second kappa shape index (κ2) is 14.3. The van der Waals surface area contributed by atoms with Gasteiger partial charge in [-0.1, -0.05) is 48.3 Å². The monoisotopic (exact) mass is 332 g/mol. The SMILES string of the molecule is CC(=O)CC/C=C(/C)CC/C=C(/C)CCCC(C)CCC=C(C)C. The average Bonchev–Trinajstić information content (AvgIpc) is 2.46. The zero-order valence-electron chi connectivity index (χ0n) is 17.1. The van der Waals surface area contributed by atoms with Crippen molar-refractivity contribution in [3.05, 3.63) is 34.9 Å². The van der Waals surface area contributed by atoms with Crippen LogP contribution in [0.15, 0.2) is 34.9 Å². The molecule has 0 aliphatic heterocycles. The molecule has 0 saturated carbocycles. The van der Waals surface area contributed by atoms with Crippen molar-refractivity contribution < 1.29 is 4.79 Å². The number of ketones is 1. The highest BCUT2D eigenvalue weighted by molar-refractivity contribution is 5.75. The van der Waals surface area contributed by atoms with Crippen LogP contribution in [0.4, 0.5) is 0 Å². The van der Waals surface area contributed by atoms with E-state index in [2.05, 4.69) is 52.8 Å². The van der Waals surface area contributed by atoms with Gasteiger partial charge in [-0.25, -0.2) is 0 Å². The van der Waals surface area contributed by atoms with E-state index in [0.29, 0.717) is 6.42 Å². The molecule has 0 heterocycles. The molecule has 0 aliphatic rings. The van der Waals surface area contributed by atoms with Gasteiger partial charge in [-0.15, -0.1) is 0 Å². The largest absolute Gasteiger partial charge is 0.300 e. The molecule has 24 heavy (non-hydrogen) atoms. The van der Waals surface area contributed by atoms with Gasteiger partial charge in [0.1, 0.15) is 5.78 Å². The summed E-state index contributed by atoms with van der Waals surface area (Å²) < 4.78 is 0. The third-order valence-corrected chi connectivity index (χ3v) is 4.50. The first-order chi connectivity index (χ1) is 11.3. The smallest absolute Gasteiger partial charge is 0.130 e. The fraction of sp³-hybridized carbons (Fsp3) is 0.696. The van der Waals surface area contributed by atoms with E-state index in [1.54, 1.807) is 6.92 Å². The summed E-state index contributed by atoms with van der Waals surface area (Å²) in [5, 5.41) is 0. The second-order valence-corrected chi connectivity index (χ2v) is 7.74. The molecular formula is C23H40O. The van der Waals surface area contributed by atoms with Gasteiger partial charge in [0.2, 0.25) is 0 Å². The van der Waals surface area contributed by atoms with Crippen molar-refractivity contribution >= 4 is 5.78 Å². The maximum atomic E-state index is 10.9. The first-order valence-corrected chi connectivity index (χ1v) is 9.75. The summed E-state index contributed by atoms with van der Waals surface area (Å²) in [4.78, 5) is 10.9. The lowest BCUT2D eigenvalue weighted by atomic mass is 9.96. The third kappa shape index (κ3) is 15.8. The molecular weight excluding hydrogens is 292 g/mol. The third-order valence-electron chi connectivity index (χ3n) is 4.50. The number of rotatable bonds is 13. The lowest BCUT2D eigenvalue weighted by molar-refractivity contribution is -0.116. The Balaban J connectivity index is 3.83. The van der Waals surface area contributed by atoms with Crippen molar-refractivity contribution in [3.8, 4) is 0 Å². The van der Waals surface area contributed by atoms with Crippen LogP contribution >= 0.6 is 0 Å². The molecule has 0 N–H and O–H groups in total. The van der Waals surface area contributed by atoms with Crippen molar-refractivity contribution in [2.45, 2.75) is 99.3 Å². The number of hydrogen-bond donors (Lipinski definition) is 0. The van der Waals surface area contributed by atoms with E-state index < -0.39 is 0 Å². The van der Waals surface area contributed by atoms with E-state index in [4.69, 9.17) is 0 Å². The summed E-state index contributed by atoms with van der Waals surface area (Å²) in [7, 11) is 0. The van der Waals surface area contributed by atoms with Crippen molar-refractivity contribution in [1.82, 2.24) is 0 Å². The first-order valence-electron chi connectivity index (χ1n) is 9.75. The van der Waals surface area contributed by atoms with Crippen LogP contribution in [0.1, 0.15) is 99.3 Å². The van der Waals surface area contributed by atoms with Crippen molar-refractivity contribution in [2.75, 3.05) is 0 Å². The Morgan fingerprint density at radius 1 is 0.750 bits per heavy atom. The minimum atomic E-state index is 0.282. The molecule has 0 amide bonds. The molecule has 1 nitrogen and oxygen atoms in total. The fourth-order valence-corrected chi connectivity index (χ4v) is 2.80. The normalized spacial score (nSPS) is 13.8. The minimum absolute atomic E-state index is 0.282. The fourth-order valence-electron chi connectivity index (χ4n) is 2.80. The van der Waals surface area contributed by atoms with E-state index in [0.717, 1.165) is 25.2 Å². The first kappa shape index (κ1) is 22.9. The zero-order chi connectivity index (χ0) is 18.4. The number of Topliss-reactive ketones (excluding diaryl/α,β-unsaturated/α-hetero) is 1. The van der Waals surface area contributed by atoms with Crippen LogP contribution in [0.25, 0.3) is 0 Å². The Hall–Kier alpha value is -1.11. The molecule has 0 radical (unpaired) electrons. The number of hydrogen-bond acceptors (Lipinski definition) is 1. The van der Waals surface area contributed by atoms with Crippen LogP contribution in [-0.2, 0) is 4.79 Å². The Morgan fingerprint density at radius 2 is 1.33 bits per heavy atom. The maximum absolute atomic E-state index is 10.9. The Kier molecular flexibility index (Phi) is 13.6. The molecule has 0 spiro atoms. The number of carbonyl (C=O) groups excluding carboxylic acids is 1. The second-order valence-electron chi connectivity index (χ2n) is 7.74. The van der Waals surface area contributed by atoms with Crippen LogP contribution in [0.3, 0.4) is 0 Å². The molecule has 138 valence electrons. The molecule has 0 fully saturated rings. The Labute approximate surface area is 151 Å². The highest BCUT2D eigenvalue weighted by Crippen LogP contribution is 2.18. The van der Waals surface area contributed by atoms with Crippen molar-refractivity contribution in [2.24, 2.45) is 5.92 Å². The standard InChI is InChI=1S/C23H40O/c1-19(2)11-7-12-20(3)13-8-14-21(4)15-9-16-22(5)17-10-18-23(6)24/h11,15,17,20H,7-10,12-14,16,18H2,1-6H3/b21-15-,22-17-. The van der Waals surface area contributed by atoms with Gasteiger partial charge >= 0.3 is 0 Å². The topological polar surface area (TPSA) is 17.1 Å². The highest BCUT2D eigenvalue weighted by Gasteiger charge is 2.01. The number of allylic oxidation sites excluding steroid dienone is 6. The van der Waals surface area contributed by atoms with E-state index in [-0.39, 0.29) is 5.78 Å². The van der Waals surface area contributed by atoms with Crippen LogP contribution in [-0.4, -0.2) is 5.78 Å². The summed E-state index contributed by atoms with van der Waals surface area (Å²) in [6.45, 7) is 12.9. The lowest BCUT2D eigenvalue weighted by Gasteiger charge is -2.10. The lowest BCUT2D eigenvalue weighted by Crippen LogP contribution is -1.94. The van der Waals surface area contributed by atoms with E-state index in [1.807, 2.05) is 0 Å². The zero-order valence-corrected chi connectivity index (χ0v) is 17.1. The molecule has 0 aromatic carbocycles. The highest BCUT2D eigenvalue weighted by atomic mass is 16.1. The number of carbonyl (C=O) groups is 1. The van der Waals surface area contributed by atoms with Crippen molar-refractivity contribution in [3.63, 3.8) is 0 Å². The van der Waals surface area contributed by atoms with Gasteiger partial charge in [0.05, 0.1) is 0 Å².